The van der Waals surface area contributed by atoms with Gasteiger partial charge in [-0.05, 0) is 38.1 Å². The normalized spacial score (nSPS) is 20.6. The van der Waals surface area contributed by atoms with Gasteiger partial charge in [0, 0.05) is 30.3 Å². The van der Waals surface area contributed by atoms with Crippen molar-refractivity contribution in [2.75, 3.05) is 24.4 Å². The van der Waals surface area contributed by atoms with Crippen LogP contribution in [-0.2, 0) is 10.0 Å². The van der Waals surface area contributed by atoms with Gasteiger partial charge in [0.25, 0.3) is 10.0 Å². The van der Waals surface area contributed by atoms with Crippen molar-refractivity contribution in [2.45, 2.75) is 36.6 Å². The number of sulfonamides is 1. The molecule has 1 N–H and O–H groups in total. The molecule has 1 atom stereocenters. The lowest BCUT2D eigenvalue weighted by Crippen LogP contribution is -2.36. The Morgan fingerprint density at radius 3 is 2.78 bits per heavy atom. The summed E-state index contributed by atoms with van der Waals surface area (Å²) in [5.41, 5.74) is 0.724. The lowest BCUT2D eigenvalue weighted by atomic mass is 9.96. The smallest absolute Gasteiger partial charge is 0.266 e. The van der Waals surface area contributed by atoms with E-state index < -0.39 is 20.7 Å². The van der Waals surface area contributed by atoms with Crippen LogP contribution in [0.2, 0.25) is 0 Å². The summed E-state index contributed by atoms with van der Waals surface area (Å²) in [6.07, 6.45) is 6.87. The van der Waals surface area contributed by atoms with Gasteiger partial charge in [-0.3, -0.25) is 9.62 Å². The largest absolute Gasteiger partial charge is 0.493 e. The summed E-state index contributed by atoms with van der Waals surface area (Å²) in [6.45, 7) is 2.43. The maximum absolute atomic E-state index is 14.8. The van der Waals surface area contributed by atoms with E-state index in [2.05, 4.69) is 19.6 Å². The topological polar surface area (TPSA) is 84.4 Å². The summed E-state index contributed by atoms with van der Waals surface area (Å²) in [4.78, 5) is 9.45. The molecule has 1 aromatic carbocycles. The van der Waals surface area contributed by atoms with Crippen LogP contribution in [0, 0.1) is 5.82 Å². The second kappa shape index (κ2) is 7.40. The highest BCUT2D eigenvalue weighted by Gasteiger charge is 2.31. The number of hydrogen-bond donors (Lipinski definition) is 1. The van der Waals surface area contributed by atoms with Gasteiger partial charge in [0.2, 0.25) is 0 Å². The lowest BCUT2D eigenvalue weighted by molar-refractivity contribution is 0.118. The first-order valence-corrected chi connectivity index (χ1v) is 10.5. The summed E-state index contributed by atoms with van der Waals surface area (Å²) in [6, 6.07) is 4.05. The number of piperidine rings is 1. The Labute approximate surface area is 157 Å². The molecule has 2 aromatic rings. The number of ether oxygens (including phenoxy) is 1. The van der Waals surface area contributed by atoms with Crippen LogP contribution in [0.15, 0.2) is 35.6 Å². The summed E-state index contributed by atoms with van der Waals surface area (Å²) < 4.78 is 48.0. The first-order valence-electron chi connectivity index (χ1n) is 9.04. The van der Waals surface area contributed by atoms with Crippen molar-refractivity contribution < 1.29 is 17.5 Å². The Kier molecular flexibility index (Phi) is 4.96. The van der Waals surface area contributed by atoms with Gasteiger partial charge in [0.05, 0.1) is 6.61 Å². The third kappa shape index (κ3) is 3.74. The number of nitrogens with zero attached hydrogens (tertiary/aromatic N) is 3. The van der Waals surface area contributed by atoms with Gasteiger partial charge >= 0.3 is 0 Å². The monoisotopic (exact) mass is 392 g/mol. The van der Waals surface area contributed by atoms with Crippen LogP contribution in [-0.4, -0.2) is 43.0 Å². The van der Waals surface area contributed by atoms with E-state index in [1.165, 1.54) is 37.1 Å². The second-order valence-corrected chi connectivity index (χ2v) is 8.42. The predicted molar refractivity (Wildman–Crippen MR) is 97.5 cm³/mol. The Morgan fingerprint density at radius 2 is 2.04 bits per heavy atom. The van der Waals surface area contributed by atoms with Crippen LogP contribution in [0.3, 0.4) is 0 Å². The van der Waals surface area contributed by atoms with E-state index in [9.17, 15) is 12.8 Å². The molecule has 3 heterocycles. The highest BCUT2D eigenvalue weighted by Crippen LogP contribution is 2.39. The summed E-state index contributed by atoms with van der Waals surface area (Å²) in [5, 5.41) is 0. The van der Waals surface area contributed by atoms with Crippen molar-refractivity contribution >= 4 is 15.8 Å². The van der Waals surface area contributed by atoms with Gasteiger partial charge in [-0.1, -0.05) is 6.42 Å². The van der Waals surface area contributed by atoms with Crippen molar-refractivity contribution in [1.82, 2.24) is 14.9 Å². The quantitative estimate of drug-likeness (QED) is 0.861. The zero-order valence-corrected chi connectivity index (χ0v) is 15.6. The van der Waals surface area contributed by atoms with Gasteiger partial charge in [-0.2, -0.15) is 0 Å². The number of rotatable bonds is 4. The first-order chi connectivity index (χ1) is 13.0. The van der Waals surface area contributed by atoms with E-state index in [0.717, 1.165) is 37.9 Å². The zero-order valence-electron chi connectivity index (χ0n) is 14.8. The molecule has 144 valence electrons. The average Bonchev–Trinajstić information content (AvgIpc) is 2.68. The SMILES string of the molecule is O=S(=O)(Nc1ccncn1)c1cc2c(cc1F)[C@@H](N1CCCCC1)CCO2. The highest BCUT2D eigenvalue weighted by molar-refractivity contribution is 7.92. The maximum atomic E-state index is 14.8. The molecule has 0 spiro atoms. The number of aromatic nitrogens is 2. The maximum Gasteiger partial charge on any atom is 0.266 e. The third-order valence-electron chi connectivity index (χ3n) is 5.01. The summed E-state index contributed by atoms with van der Waals surface area (Å²) >= 11 is 0. The number of fused-ring (bicyclic) bond motifs is 1. The molecular weight excluding hydrogens is 371 g/mol. The van der Waals surface area contributed by atoms with Gasteiger partial charge in [-0.25, -0.2) is 22.8 Å². The lowest BCUT2D eigenvalue weighted by Gasteiger charge is -2.38. The molecule has 0 aliphatic carbocycles. The molecule has 0 bridgehead atoms. The van der Waals surface area contributed by atoms with Gasteiger partial charge in [0.1, 0.15) is 28.6 Å². The molecule has 4 rings (SSSR count). The van der Waals surface area contributed by atoms with Crippen LogP contribution < -0.4 is 9.46 Å². The van der Waals surface area contributed by atoms with Crippen molar-refractivity contribution in [2.24, 2.45) is 0 Å². The summed E-state index contributed by atoms with van der Waals surface area (Å²) in [5.74, 6) is -0.279. The molecule has 0 amide bonds. The molecule has 1 saturated heterocycles. The molecule has 1 fully saturated rings. The molecule has 2 aliphatic rings. The number of hydrogen-bond acceptors (Lipinski definition) is 6. The number of nitrogens with one attached hydrogen (secondary N) is 1. The van der Waals surface area contributed by atoms with Gasteiger partial charge in [-0.15, -0.1) is 0 Å². The highest BCUT2D eigenvalue weighted by atomic mass is 32.2. The number of anilines is 1. The van der Waals surface area contributed by atoms with Crippen LogP contribution in [0.4, 0.5) is 10.2 Å². The van der Waals surface area contributed by atoms with E-state index in [4.69, 9.17) is 4.74 Å². The van der Waals surface area contributed by atoms with E-state index in [0.29, 0.717) is 12.4 Å². The van der Waals surface area contributed by atoms with Crippen LogP contribution in [0.25, 0.3) is 0 Å². The van der Waals surface area contributed by atoms with Crippen molar-refractivity contribution in [3.8, 4) is 5.75 Å². The number of benzene rings is 1. The van der Waals surface area contributed by atoms with Gasteiger partial charge in [0.15, 0.2) is 0 Å². The molecule has 0 saturated carbocycles. The van der Waals surface area contributed by atoms with E-state index >= 15 is 0 Å². The minimum absolute atomic E-state index is 0.0649. The average molecular weight is 392 g/mol. The van der Waals surface area contributed by atoms with Crippen molar-refractivity contribution in [1.29, 1.82) is 0 Å². The second-order valence-electron chi connectivity index (χ2n) is 6.77. The predicted octanol–water partition coefficient (Wildman–Crippen LogP) is 2.73. The Morgan fingerprint density at radius 1 is 1.22 bits per heavy atom. The fourth-order valence-corrected chi connectivity index (χ4v) is 4.81. The number of halogens is 1. The molecule has 0 radical (unpaired) electrons. The Hall–Kier alpha value is -2.26. The Bertz CT molecular complexity index is 918. The number of likely N-dealkylation sites (tertiary alicyclic amines) is 1. The third-order valence-corrected chi connectivity index (χ3v) is 6.38. The molecular formula is C18H21FN4O3S. The van der Waals surface area contributed by atoms with Crippen LogP contribution in [0.5, 0.6) is 5.75 Å². The summed E-state index contributed by atoms with van der Waals surface area (Å²) in [7, 11) is -4.13. The van der Waals surface area contributed by atoms with Crippen LogP contribution >= 0.6 is 0 Å². The van der Waals surface area contributed by atoms with Gasteiger partial charge < -0.3 is 4.74 Å². The molecule has 2 aliphatic heterocycles. The van der Waals surface area contributed by atoms with E-state index in [1.54, 1.807) is 0 Å². The minimum Gasteiger partial charge on any atom is -0.493 e. The molecule has 0 unspecified atom stereocenters. The molecule has 9 heteroatoms. The van der Waals surface area contributed by atoms with Crippen molar-refractivity contribution in [3.05, 3.63) is 42.1 Å². The zero-order chi connectivity index (χ0) is 18.9. The molecule has 27 heavy (non-hydrogen) atoms. The minimum atomic E-state index is -4.13. The standard InChI is InChI=1S/C18H21FN4O3S/c19-14-10-13-15(23-7-2-1-3-8-23)5-9-26-16(13)11-17(14)27(24,25)22-18-4-6-20-12-21-18/h4,6,10-12,15H,1-3,5,7-9H2,(H,20,21,22)/t15-/m0/s1. The fraction of sp³-hybridized carbons (Fsp3) is 0.444. The first kappa shape index (κ1) is 18.1. The van der Waals surface area contributed by atoms with Crippen molar-refractivity contribution in [3.63, 3.8) is 0 Å². The Balaban J connectivity index is 1.66. The molecule has 1 aromatic heterocycles. The fourth-order valence-electron chi connectivity index (χ4n) is 3.73. The van der Waals surface area contributed by atoms with E-state index in [1.807, 2.05) is 0 Å². The van der Waals surface area contributed by atoms with Crippen LogP contribution in [0.1, 0.15) is 37.3 Å². The molecule has 7 nitrogen and oxygen atoms in total. The van der Waals surface area contributed by atoms with E-state index in [-0.39, 0.29) is 11.9 Å².